The average Bonchev–Trinajstić information content (AvgIpc) is 3.82. The summed E-state index contributed by atoms with van der Waals surface area (Å²) in [6.07, 6.45) is 0. The highest BCUT2D eigenvalue weighted by atomic mass is 15.2. The second-order valence-corrected chi connectivity index (χ2v) is 17.0. The van der Waals surface area contributed by atoms with Gasteiger partial charge in [-0.1, -0.05) is 147 Å². The summed E-state index contributed by atoms with van der Waals surface area (Å²) in [7, 11) is 0. The lowest BCUT2D eigenvalue weighted by Gasteiger charge is -2.35. The summed E-state index contributed by atoms with van der Waals surface area (Å²) in [5.41, 5.74) is 16.0. The normalized spacial score (nSPS) is 13.2. The molecule has 0 saturated heterocycles. The van der Waals surface area contributed by atoms with E-state index in [2.05, 4.69) is 217 Å². The number of hydrogen-bond donors (Lipinski definition) is 0. The molecule has 61 heavy (non-hydrogen) atoms. The predicted molar refractivity (Wildman–Crippen MR) is 254 cm³/mol. The molecule has 12 aromatic rings. The van der Waals surface area contributed by atoms with Gasteiger partial charge in [-0.15, -0.1) is 0 Å². The Balaban J connectivity index is 1.10. The van der Waals surface area contributed by atoms with E-state index in [0.29, 0.717) is 5.95 Å². The van der Waals surface area contributed by atoms with Gasteiger partial charge in [-0.2, -0.15) is 0 Å². The lowest BCUT2D eigenvalue weighted by atomic mass is 9.68. The average molecular weight is 779 g/mol. The highest BCUT2D eigenvalue weighted by Crippen LogP contribution is 2.51. The lowest BCUT2D eigenvalue weighted by Crippen LogP contribution is -2.23. The van der Waals surface area contributed by atoms with E-state index in [9.17, 15) is 0 Å². The maximum atomic E-state index is 5.45. The highest BCUT2D eigenvalue weighted by molar-refractivity contribution is 6.15. The zero-order valence-corrected chi connectivity index (χ0v) is 33.8. The summed E-state index contributed by atoms with van der Waals surface area (Å²) in [6, 6.07) is 70.6. The van der Waals surface area contributed by atoms with E-state index in [0.717, 1.165) is 38.9 Å². The van der Waals surface area contributed by atoms with Gasteiger partial charge in [-0.25, -0.2) is 9.97 Å². The summed E-state index contributed by atoms with van der Waals surface area (Å²) in [5, 5.41) is 8.49. The Kier molecular flexibility index (Phi) is 7.04. The van der Waals surface area contributed by atoms with Crippen LogP contribution in [0.15, 0.2) is 194 Å². The molecule has 0 bridgehead atoms. The Morgan fingerprint density at radius 1 is 0.393 bits per heavy atom. The minimum Gasteiger partial charge on any atom is -0.309 e. The van der Waals surface area contributed by atoms with Crippen LogP contribution in [0.2, 0.25) is 0 Å². The zero-order valence-electron chi connectivity index (χ0n) is 33.8. The fourth-order valence-electron chi connectivity index (χ4n) is 10.4. The minimum absolute atomic E-state index is 0.221. The van der Waals surface area contributed by atoms with Gasteiger partial charge >= 0.3 is 0 Å². The van der Waals surface area contributed by atoms with E-state index in [1.165, 1.54) is 76.7 Å². The number of rotatable bonds is 4. The van der Waals surface area contributed by atoms with E-state index in [1.807, 2.05) is 0 Å². The molecule has 0 unspecified atom stereocenters. The van der Waals surface area contributed by atoms with Gasteiger partial charge in [0.2, 0.25) is 5.95 Å². The van der Waals surface area contributed by atoms with Crippen molar-refractivity contribution in [3.8, 4) is 45.1 Å². The van der Waals surface area contributed by atoms with Crippen LogP contribution < -0.4 is 0 Å². The molecule has 4 nitrogen and oxygen atoms in total. The van der Waals surface area contributed by atoms with Crippen molar-refractivity contribution in [2.45, 2.75) is 19.3 Å². The van der Waals surface area contributed by atoms with Gasteiger partial charge in [0.05, 0.1) is 33.3 Å². The number of aromatic nitrogens is 4. The van der Waals surface area contributed by atoms with E-state index in [4.69, 9.17) is 9.97 Å². The Hall–Kier alpha value is -7.82. The second kappa shape index (κ2) is 12.6. The molecule has 0 aliphatic heterocycles. The van der Waals surface area contributed by atoms with Crippen LogP contribution in [-0.2, 0) is 5.41 Å². The van der Waals surface area contributed by atoms with Crippen molar-refractivity contribution in [2.75, 3.05) is 0 Å². The molecular formula is C57H38N4. The Morgan fingerprint density at radius 2 is 1.02 bits per heavy atom. The van der Waals surface area contributed by atoms with Crippen LogP contribution in [0.4, 0.5) is 0 Å². The third kappa shape index (κ3) is 4.87. The molecule has 4 heteroatoms. The highest BCUT2D eigenvalue weighted by Gasteiger charge is 2.34. The summed E-state index contributed by atoms with van der Waals surface area (Å²) in [4.78, 5) is 10.8. The van der Waals surface area contributed by atoms with Crippen molar-refractivity contribution < 1.29 is 0 Å². The molecule has 3 aromatic heterocycles. The largest absolute Gasteiger partial charge is 0.309 e. The number of fused-ring (bicyclic) bond motifs is 9. The first-order chi connectivity index (χ1) is 30.0. The van der Waals surface area contributed by atoms with E-state index in [1.54, 1.807) is 0 Å². The third-order valence-electron chi connectivity index (χ3n) is 13.3. The smallest absolute Gasteiger partial charge is 0.235 e. The molecule has 0 atom stereocenters. The summed E-state index contributed by atoms with van der Waals surface area (Å²) in [5.74, 6) is 0.661. The molecule has 0 spiro atoms. The number of benzene rings is 9. The van der Waals surface area contributed by atoms with E-state index in [-0.39, 0.29) is 5.41 Å². The van der Waals surface area contributed by atoms with Crippen molar-refractivity contribution in [3.63, 3.8) is 0 Å². The molecule has 0 radical (unpaired) electrons. The number of para-hydroxylation sites is 3. The minimum atomic E-state index is -0.221. The maximum Gasteiger partial charge on any atom is 0.235 e. The molecule has 0 fully saturated rings. The maximum absolute atomic E-state index is 5.45. The quantitative estimate of drug-likeness (QED) is 0.178. The van der Waals surface area contributed by atoms with Gasteiger partial charge in [-0.3, -0.25) is 4.57 Å². The molecule has 13 rings (SSSR count). The summed E-state index contributed by atoms with van der Waals surface area (Å²) < 4.78 is 4.68. The molecule has 1 aliphatic carbocycles. The predicted octanol–water partition coefficient (Wildman–Crippen LogP) is 14.6. The first-order valence-corrected chi connectivity index (χ1v) is 21.1. The fraction of sp³-hybridized carbons (Fsp3) is 0.0526. The van der Waals surface area contributed by atoms with Gasteiger partial charge < -0.3 is 4.57 Å². The van der Waals surface area contributed by atoms with Gasteiger partial charge in [0, 0.05) is 43.6 Å². The number of nitrogens with zero attached hydrogens (tertiary/aromatic N) is 4. The topological polar surface area (TPSA) is 35.6 Å². The Bertz CT molecular complexity index is 3770. The van der Waals surface area contributed by atoms with Crippen molar-refractivity contribution in [1.29, 1.82) is 0 Å². The molecule has 3 heterocycles. The lowest BCUT2D eigenvalue weighted by molar-refractivity contribution is 0.646. The molecule has 0 amide bonds. The van der Waals surface area contributed by atoms with Gasteiger partial charge in [-0.05, 0) is 105 Å². The van der Waals surface area contributed by atoms with Crippen LogP contribution in [0, 0.1) is 0 Å². The van der Waals surface area contributed by atoms with Crippen LogP contribution in [0.1, 0.15) is 25.0 Å². The van der Waals surface area contributed by atoms with Crippen molar-refractivity contribution in [1.82, 2.24) is 19.1 Å². The van der Waals surface area contributed by atoms with Crippen LogP contribution in [-0.4, -0.2) is 19.1 Å². The van der Waals surface area contributed by atoms with Crippen LogP contribution in [0.3, 0.4) is 0 Å². The van der Waals surface area contributed by atoms with Gasteiger partial charge in [0.1, 0.15) is 0 Å². The van der Waals surface area contributed by atoms with E-state index >= 15 is 0 Å². The molecule has 1 aliphatic rings. The van der Waals surface area contributed by atoms with Crippen LogP contribution >= 0.6 is 0 Å². The van der Waals surface area contributed by atoms with Gasteiger partial charge in [0.15, 0.2) is 0 Å². The Labute approximate surface area is 352 Å². The molecule has 0 saturated carbocycles. The third-order valence-corrected chi connectivity index (χ3v) is 13.3. The van der Waals surface area contributed by atoms with Gasteiger partial charge in [0.25, 0.3) is 0 Å². The van der Waals surface area contributed by atoms with Crippen molar-refractivity contribution in [3.05, 3.63) is 205 Å². The summed E-state index contributed by atoms with van der Waals surface area (Å²) >= 11 is 0. The van der Waals surface area contributed by atoms with Crippen LogP contribution in [0.5, 0.6) is 0 Å². The number of hydrogen-bond acceptors (Lipinski definition) is 2. The van der Waals surface area contributed by atoms with Crippen LogP contribution in [0.25, 0.3) is 110 Å². The standard InChI is InChI=1S/C57H38N4/c1-57(2)47-24-14-18-35-17-13-23-41(54(35)47)43-34-53-46(33-48(43)57)45-32-38(37-27-29-51-44(31-37)40-21-10-12-26-50(40)60(51)39-19-7-4-8-20-39)28-30-52(45)61(53)56-58-49-25-11-9-22-42(49)55(59-56)36-15-5-3-6-16-36/h3-34H,1-2H3. The Morgan fingerprint density at radius 3 is 1.80 bits per heavy atom. The first-order valence-electron chi connectivity index (χ1n) is 21.1. The molecular weight excluding hydrogens is 741 g/mol. The van der Waals surface area contributed by atoms with E-state index < -0.39 is 0 Å². The van der Waals surface area contributed by atoms with Crippen molar-refractivity contribution in [2.24, 2.45) is 0 Å². The molecule has 0 N–H and O–H groups in total. The molecule has 286 valence electrons. The summed E-state index contributed by atoms with van der Waals surface area (Å²) in [6.45, 7) is 4.76. The SMILES string of the molecule is CC1(C)c2cc3c4cc(-c5ccc6c(c5)c5ccccc5n6-c5ccccc5)ccc4n(-c4nc(-c5ccccc5)c5ccccc5n4)c3cc2-c2cccc3cccc1c23. The zero-order chi connectivity index (χ0) is 40.4. The monoisotopic (exact) mass is 778 g/mol. The van der Waals surface area contributed by atoms with Crippen molar-refractivity contribution >= 4 is 65.3 Å². The fourth-order valence-corrected chi connectivity index (χ4v) is 10.4. The second-order valence-electron chi connectivity index (χ2n) is 17.0. The first kappa shape index (κ1) is 34.1. The molecule has 9 aromatic carbocycles.